The molecule has 0 fully saturated rings. The van der Waals surface area contributed by atoms with Crippen molar-refractivity contribution in [3.8, 4) is 0 Å². The van der Waals surface area contributed by atoms with Crippen LogP contribution >= 0.6 is 0 Å². The number of nitrogens with zero attached hydrogens (tertiary/aromatic N) is 1. The van der Waals surface area contributed by atoms with Crippen LogP contribution in [0.1, 0.15) is 23.7 Å². The molecular weight excluding hydrogens is 244 g/mol. The van der Waals surface area contributed by atoms with Gasteiger partial charge in [-0.15, -0.1) is 0 Å². The minimum atomic E-state index is -0.367. The first-order valence-electron chi connectivity index (χ1n) is 6.08. The first-order chi connectivity index (χ1) is 9.13. The normalized spacial score (nSPS) is 14.1. The van der Waals surface area contributed by atoms with Gasteiger partial charge < -0.3 is 5.32 Å². The molecule has 0 spiro atoms. The summed E-state index contributed by atoms with van der Waals surface area (Å²) in [6.45, 7) is 2.59. The molecule has 3 amide bonds. The minimum absolute atomic E-state index is 0.161. The zero-order valence-corrected chi connectivity index (χ0v) is 10.6. The second-order valence-electron chi connectivity index (χ2n) is 4.15. The molecule has 1 aromatic rings. The van der Waals surface area contributed by atoms with Crippen molar-refractivity contribution in [3.63, 3.8) is 0 Å². The van der Waals surface area contributed by atoms with Gasteiger partial charge in [-0.05, 0) is 30.7 Å². The molecule has 0 aromatic heterocycles. The third kappa shape index (κ3) is 2.70. The Bertz CT molecular complexity index is 528. The Morgan fingerprint density at radius 2 is 1.68 bits per heavy atom. The minimum Gasteiger partial charge on any atom is -0.352 e. The number of carbonyl (C=O) groups is 3. The van der Waals surface area contributed by atoms with Crippen LogP contribution in [-0.2, 0) is 9.59 Å². The summed E-state index contributed by atoms with van der Waals surface area (Å²) in [5.74, 6) is -0.896. The highest BCUT2D eigenvalue weighted by Gasteiger charge is 2.24. The van der Waals surface area contributed by atoms with Crippen molar-refractivity contribution in [2.45, 2.75) is 13.3 Å². The fraction of sp³-hybridized carbons (Fsp3) is 0.214. The molecule has 0 saturated heterocycles. The largest absolute Gasteiger partial charge is 0.352 e. The van der Waals surface area contributed by atoms with Gasteiger partial charge in [0.1, 0.15) is 0 Å². The van der Waals surface area contributed by atoms with Crippen LogP contribution < -0.4 is 10.2 Å². The van der Waals surface area contributed by atoms with Gasteiger partial charge in [-0.25, -0.2) is 4.90 Å². The van der Waals surface area contributed by atoms with Crippen molar-refractivity contribution >= 4 is 23.4 Å². The molecule has 1 heterocycles. The molecule has 1 aliphatic heterocycles. The summed E-state index contributed by atoms with van der Waals surface area (Å²) < 4.78 is 0. The van der Waals surface area contributed by atoms with Crippen molar-refractivity contribution in [3.05, 3.63) is 42.0 Å². The highest BCUT2D eigenvalue weighted by molar-refractivity contribution is 6.28. The molecular formula is C14H14N2O3. The van der Waals surface area contributed by atoms with Crippen molar-refractivity contribution < 1.29 is 14.4 Å². The van der Waals surface area contributed by atoms with Gasteiger partial charge in [0.25, 0.3) is 17.7 Å². The standard InChI is InChI=1S/C14H14N2O3/c1-2-9-15-14(19)10-3-5-11(6-4-10)16-12(17)7-8-13(16)18/h3-8H,2,9H2,1H3,(H,15,19). The number of hydrogen-bond acceptors (Lipinski definition) is 3. The topological polar surface area (TPSA) is 66.5 Å². The number of rotatable bonds is 4. The summed E-state index contributed by atoms with van der Waals surface area (Å²) in [4.78, 5) is 35.7. The van der Waals surface area contributed by atoms with Gasteiger partial charge in [-0.1, -0.05) is 6.92 Å². The third-order valence-corrected chi connectivity index (χ3v) is 2.73. The molecule has 19 heavy (non-hydrogen) atoms. The SMILES string of the molecule is CCCNC(=O)c1ccc(N2C(=O)C=CC2=O)cc1. The van der Waals surface area contributed by atoms with Crippen molar-refractivity contribution in [1.82, 2.24) is 5.32 Å². The first-order valence-corrected chi connectivity index (χ1v) is 6.08. The molecule has 0 atom stereocenters. The molecule has 0 aliphatic carbocycles. The summed E-state index contributed by atoms with van der Waals surface area (Å²) in [5, 5.41) is 2.76. The second kappa shape index (κ2) is 5.48. The van der Waals surface area contributed by atoms with Gasteiger partial charge in [0, 0.05) is 24.3 Å². The quantitative estimate of drug-likeness (QED) is 0.827. The highest BCUT2D eigenvalue weighted by Crippen LogP contribution is 2.19. The molecule has 2 rings (SSSR count). The van der Waals surface area contributed by atoms with E-state index in [-0.39, 0.29) is 17.7 Å². The van der Waals surface area contributed by atoms with Crippen LogP contribution in [0, 0.1) is 0 Å². The Kier molecular flexibility index (Phi) is 3.75. The fourth-order valence-electron chi connectivity index (χ4n) is 1.76. The monoisotopic (exact) mass is 258 g/mol. The van der Waals surface area contributed by atoms with E-state index >= 15 is 0 Å². The van der Waals surface area contributed by atoms with Crippen LogP contribution in [0.3, 0.4) is 0 Å². The Morgan fingerprint density at radius 3 is 2.21 bits per heavy atom. The van der Waals surface area contributed by atoms with Gasteiger partial charge >= 0.3 is 0 Å². The van der Waals surface area contributed by atoms with E-state index in [0.29, 0.717) is 17.8 Å². The number of anilines is 1. The van der Waals surface area contributed by atoms with Gasteiger partial charge in [-0.3, -0.25) is 14.4 Å². The van der Waals surface area contributed by atoms with Crippen LogP contribution in [0.25, 0.3) is 0 Å². The number of carbonyl (C=O) groups excluding carboxylic acids is 3. The maximum absolute atomic E-state index is 11.7. The van der Waals surface area contributed by atoms with Crippen molar-refractivity contribution in [1.29, 1.82) is 0 Å². The molecule has 0 radical (unpaired) electrons. The van der Waals surface area contributed by atoms with Gasteiger partial charge in [-0.2, -0.15) is 0 Å². The van der Waals surface area contributed by atoms with E-state index in [1.807, 2.05) is 6.92 Å². The van der Waals surface area contributed by atoms with Crippen LogP contribution in [0.4, 0.5) is 5.69 Å². The predicted molar refractivity (Wildman–Crippen MR) is 70.7 cm³/mol. The summed E-state index contributed by atoms with van der Waals surface area (Å²) >= 11 is 0. The fourth-order valence-corrected chi connectivity index (χ4v) is 1.76. The van der Waals surface area contributed by atoms with E-state index in [0.717, 1.165) is 11.3 Å². The lowest BCUT2D eigenvalue weighted by Gasteiger charge is -2.14. The van der Waals surface area contributed by atoms with E-state index in [9.17, 15) is 14.4 Å². The average Bonchev–Trinajstić information content (AvgIpc) is 2.76. The van der Waals surface area contributed by atoms with Gasteiger partial charge in [0.05, 0.1) is 5.69 Å². The lowest BCUT2D eigenvalue weighted by atomic mass is 10.2. The van der Waals surface area contributed by atoms with Crippen molar-refractivity contribution in [2.75, 3.05) is 11.4 Å². The Morgan fingerprint density at radius 1 is 1.11 bits per heavy atom. The molecule has 0 saturated carbocycles. The molecule has 1 aliphatic rings. The number of amides is 3. The van der Waals surface area contributed by atoms with Gasteiger partial charge in [0.2, 0.25) is 0 Å². The third-order valence-electron chi connectivity index (χ3n) is 2.73. The summed E-state index contributed by atoms with van der Waals surface area (Å²) in [5.41, 5.74) is 0.969. The smallest absolute Gasteiger partial charge is 0.258 e. The van der Waals surface area contributed by atoms with E-state index in [2.05, 4.69) is 5.32 Å². The molecule has 1 N–H and O–H groups in total. The predicted octanol–water partition coefficient (Wildman–Crippen LogP) is 1.26. The van der Waals surface area contributed by atoms with Crippen LogP contribution in [-0.4, -0.2) is 24.3 Å². The van der Waals surface area contributed by atoms with Crippen molar-refractivity contribution in [2.24, 2.45) is 0 Å². The molecule has 5 nitrogen and oxygen atoms in total. The highest BCUT2D eigenvalue weighted by atomic mass is 16.2. The summed E-state index contributed by atoms with van der Waals surface area (Å²) in [6, 6.07) is 6.37. The summed E-state index contributed by atoms with van der Waals surface area (Å²) in [7, 11) is 0. The van der Waals surface area contributed by atoms with Gasteiger partial charge in [0.15, 0.2) is 0 Å². The number of benzene rings is 1. The van der Waals surface area contributed by atoms with E-state index in [4.69, 9.17) is 0 Å². The summed E-state index contributed by atoms with van der Waals surface area (Å²) in [6.07, 6.45) is 3.32. The van der Waals surface area contributed by atoms with E-state index < -0.39 is 0 Å². The van der Waals surface area contributed by atoms with E-state index in [1.165, 1.54) is 12.2 Å². The maximum atomic E-state index is 11.7. The zero-order chi connectivity index (χ0) is 13.8. The maximum Gasteiger partial charge on any atom is 0.258 e. The zero-order valence-electron chi connectivity index (χ0n) is 10.6. The van der Waals surface area contributed by atoms with Crippen LogP contribution in [0.15, 0.2) is 36.4 Å². The molecule has 0 bridgehead atoms. The lowest BCUT2D eigenvalue weighted by molar-refractivity contribution is -0.119. The van der Waals surface area contributed by atoms with Crippen LogP contribution in [0.2, 0.25) is 0 Å². The number of nitrogens with one attached hydrogen (secondary N) is 1. The van der Waals surface area contributed by atoms with Crippen LogP contribution in [0.5, 0.6) is 0 Å². The lowest BCUT2D eigenvalue weighted by Crippen LogP contribution is -2.29. The average molecular weight is 258 g/mol. The Labute approximate surface area is 110 Å². The molecule has 0 unspecified atom stereocenters. The number of imide groups is 1. The molecule has 1 aromatic carbocycles. The molecule has 5 heteroatoms. The first kappa shape index (κ1) is 13.0. The second-order valence-corrected chi connectivity index (χ2v) is 4.15. The Hall–Kier alpha value is -2.43. The Balaban J connectivity index is 2.13. The number of hydrogen-bond donors (Lipinski definition) is 1. The van der Waals surface area contributed by atoms with E-state index in [1.54, 1.807) is 24.3 Å². The molecule has 98 valence electrons.